The summed E-state index contributed by atoms with van der Waals surface area (Å²) in [7, 11) is 0. The highest BCUT2D eigenvalue weighted by Gasteiger charge is 2.26. The third-order valence-electron chi connectivity index (χ3n) is 3.94. The third-order valence-corrected chi connectivity index (χ3v) is 3.94. The Labute approximate surface area is 134 Å². The number of likely N-dealkylation sites (tertiary alicyclic amines) is 1. The van der Waals surface area contributed by atoms with Crippen LogP contribution in [0.15, 0.2) is 6.07 Å². The fourth-order valence-electron chi connectivity index (χ4n) is 2.57. The van der Waals surface area contributed by atoms with Crippen molar-refractivity contribution in [3.05, 3.63) is 17.5 Å². The number of aromatic amines is 1. The zero-order chi connectivity index (χ0) is 16.8. The van der Waals surface area contributed by atoms with E-state index in [1.807, 2.05) is 6.92 Å². The Morgan fingerprint density at radius 2 is 2.09 bits per heavy atom. The molecule has 1 aliphatic heterocycles. The highest BCUT2D eigenvalue weighted by molar-refractivity contribution is 5.89. The molecule has 0 atom stereocenters. The Morgan fingerprint density at radius 1 is 1.39 bits per heavy atom. The highest BCUT2D eigenvalue weighted by Crippen LogP contribution is 2.16. The zero-order valence-electron chi connectivity index (χ0n) is 13.2. The molecule has 126 valence electrons. The van der Waals surface area contributed by atoms with E-state index < -0.39 is 5.97 Å². The highest BCUT2D eigenvalue weighted by atomic mass is 16.5. The standard InChI is InChI=1S/C15H22N4O4/c1-2-3-11-8-12(18-17-11)15(22)23-9-13(20)19-6-4-10(5-7-19)14(16)21/h8,10H,2-7,9H2,1H3,(H2,16,21)(H,17,18). The van der Waals surface area contributed by atoms with E-state index in [0.29, 0.717) is 25.9 Å². The van der Waals surface area contributed by atoms with Crippen molar-refractivity contribution in [2.24, 2.45) is 11.7 Å². The summed E-state index contributed by atoms with van der Waals surface area (Å²) in [4.78, 5) is 36.6. The summed E-state index contributed by atoms with van der Waals surface area (Å²) in [6.45, 7) is 2.61. The van der Waals surface area contributed by atoms with Gasteiger partial charge in [0.1, 0.15) is 0 Å². The predicted octanol–water partition coefficient (Wildman–Crippen LogP) is 0.243. The summed E-state index contributed by atoms with van der Waals surface area (Å²) in [5.74, 6) is -1.40. The van der Waals surface area contributed by atoms with E-state index in [1.54, 1.807) is 11.0 Å². The van der Waals surface area contributed by atoms with E-state index in [4.69, 9.17) is 10.5 Å². The number of hydrogen-bond acceptors (Lipinski definition) is 5. The lowest BCUT2D eigenvalue weighted by atomic mass is 9.96. The Balaban J connectivity index is 1.77. The number of nitrogens with one attached hydrogen (secondary N) is 1. The zero-order valence-corrected chi connectivity index (χ0v) is 13.2. The molecule has 0 saturated carbocycles. The fourth-order valence-corrected chi connectivity index (χ4v) is 2.57. The molecule has 1 aliphatic rings. The number of carbonyl (C=O) groups excluding carboxylic acids is 3. The number of primary amides is 1. The van der Waals surface area contributed by atoms with Gasteiger partial charge in [0, 0.05) is 24.7 Å². The van der Waals surface area contributed by atoms with Crippen molar-refractivity contribution in [2.75, 3.05) is 19.7 Å². The molecule has 0 aliphatic carbocycles. The maximum atomic E-state index is 12.0. The molecule has 3 N–H and O–H groups in total. The van der Waals surface area contributed by atoms with Gasteiger partial charge in [-0.1, -0.05) is 13.3 Å². The van der Waals surface area contributed by atoms with E-state index in [0.717, 1.165) is 18.5 Å². The SMILES string of the molecule is CCCc1cc(C(=O)OCC(=O)N2CCC(C(N)=O)CC2)n[nH]1. The largest absolute Gasteiger partial charge is 0.451 e. The van der Waals surface area contributed by atoms with Crippen LogP contribution >= 0.6 is 0 Å². The van der Waals surface area contributed by atoms with Crippen LogP contribution in [0.5, 0.6) is 0 Å². The van der Waals surface area contributed by atoms with E-state index in [9.17, 15) is 14.4 Å². The number of ether oxygens (including phenoxy) is 1. The lowest BCUT2D eigenvalue weighted by Crippen LogP contribution is -2.43. The fraction of sp³-hybridized carbons (Fsp3) is 0.600. The molecule has 1 saturated heterocycles. The van der Waals surface area contributed by atoms with E-state index in [2.05, 4.69) is 10.2 Å². The summed E-state index contributed by atoms with van der Waals surface area (Å²) in [6.07, 6.45) is 2.84. The number of nitrogens with two attached hydrogens (primary N) is 1. The number of carbonyl (C=O) groups is 3. The molecule has 8 heteroatoms. The Hall–Kier alpha value is -2.38. The van der Waals surface area contributed by atoms with Gasteiger partial charge in [0.15, 0.2) is 12.3 Å². The van der Waals surface area contributed by atoms with Crippen molar-refractivity contribution in [2.45, 2.75) is 32.6 Å². The summed E-state index contributed by atoms with van der Waals surface area (Å²) in [5, 5.41) is 6.64. The van der Waals surface area contributed by atoms with Gasteiger partial charge in [-0.3, -0.25) is 14.7 Å². The van der Waals surface area contributed by atoms with Crippen LogP contribution in [-0.2, 0) is 20.7 Å². The van der Waals surface area contributed by atoms with Crippen LogP contribution in [0.25, 0.3) is 0 Å². The number of rotatable bonds is 6. The van der Waals surface area contributed by atoms with Crippen LogP contribution in [0.4, 0.5) is 0 Å². The molecule has 23 heavy (non-hydrogen) atoms. The first-order valence-corrected chi connectivity index (χ1v) is 7.79. The van der Waals surface area contributed by atoms with Gasteiger partial charge in [0.25, 0.3) is 5.91 Å². The van der Waals surface area contributed by atoms with Gasteiger partial charge < -0.3 is 15.4 Å². The maximum Gasteiger partial charge on any atom is 0.359 e. The summed E-state index contributed by atoms with van der Waals surface area (Å²) < 4.78 is 5.00. The Kier molecular flexibility index (Phi) is 5.72. The third kappa shape index (κ3) is 4.54. The minimum atomic E-state index is -0.621. The molecule has 1 aromatic heterocycles. The molecule has 2 heterocycles. The monoisotopic (exact) mass is 322 g/mol. The van der Waals surface area contributed by atoms with E-state index >= 15 is 0 Å². The number of esters is 1. The number of H-pyrrole nitrogens is 1. The molecule has 2 amide bonds. The molecule has 0 unspecified atom stereocenters. The average Bonchev–Trinajstić information content (AvgIpc) is 3.01. The van der Waals surface area contributed by atoms with Crippen LogP contribution in [-0.4, -0.2) is 52.6 Å². The molecule has 8 nitrogen and oxygen atoms in total. The maximum absolute atomic E-state index is 12.0. The molecule has 0 aromatic carbocycles. The number of aryl methyl sites for hydroxylation is 1. The number of hydrogen-bond donors (Lipinski definition) is 2. The van der Waals surface area contributed by atoms with Gasteiger partial charge >= 0.3 is 5.97 Å². The summed E-state index contributed by atoms with van der Waals surface area (Å²) in [5.41, 5.74) is 6.29. The van der Waals surface area contributed by atoms with E-state index in [1.165, 1.54) is 0 Å². The second-order valence-electron chi connectivity index (χ2n) is 5.66. The number of nitrogens with zero attached hydrogens (tertiary/aromatic N) is 2. The van der Waals surface area contributed by atoms with Crippen molar-refractivity contribution >= 4 is 17.8 Å². The van der Waals surface area contributed by atoms with Crippen molar-refractivity contribution in [3.8, 4) is 0 Å². The Bertz CT molecular complexity index is 576. The topological polar surface area (TPSA) is 118 Å². The van der Waals surface area contributed by atoms with Gasteiger partial charge in [-0.05, 0) is 25.3 Å². The van der Waals surface area contributed by atoms with Crippen LogP contribution in [0.1, 0.15) is 42.4 Å². The van der Waals surface area contributed by atoms with Gasteiger partial charge in [-0.15, -0.1) is 0 Å². The van der Waals surface area contributed by atoms with E-state index in [-0.39, 0.29) is 30.0 Å². The molecule has 0 spiro atoms. The molecular formula is C15H22N4O4. The van der Waals surface area contributed by atoms with Crippen molar-refractivity contribution in [1.82, 2.24) is 15.1 Å². The van der Waals surface area contributed by atoms with Crippen molar-refractivity contribution < 1.29 is 19.1 Å². The normalized spacial score (nSPS) is 15.4. The molecule has 0 radical (unpaired) electrons. The molecular weight excluding hydrogens is 300 g/mol. The second-order valence-corrected chi connectivity index (χ2v) is 5.66. The van der Waals surface area contributed by atoms with Crippen molar-refractivity contribution in [3.63, 3.8) is 0 Å². The molecule has 1 fully saturated rings. The van der Waals surface area contributed by atoms with Crippen LogP contribution in [0.3, 0.4) is 0 Å². The van der Waals surface area contributed by atoms with Crippen LogP contribution in [0, 0.1) is 5.92 Å². The first-order valence-electron chi connectivity index (χ1n) is 7.79. The number of amides is 2. The van der Waals surface area contributed by atoms with Gasteiger partial charge in [0.05, 0.1) is 0 Å². The number of aromatic nitrogens is 2. The van der Waals surface area contributed by atoms with Gasteiger partial charge in [0.2, 0.25) is 5.91 Å². The first-order chi connectivity index (χ1) is 11.0. The average molecular weight is 322 g/mol. The van der Waals surface area contributed by atoms with Crippen LogP contribution < -0.4 is 5.73 Å². The lowest BCUT2D eigenvalue weighted by molar-refractivity contribution is -0.137. The lowest BCUT2D eigenvalue weighted by Gasteiger charge is -2.30. The smallest absolute Gasteiger partial charge is 0.359 e. The molecule has 2 rings (SSSR count). The first kappa shape index (κ1) is 17.0. The predicted molar refractivity (Wildman–Crippen MR) is 81.4 cm³/mol. The quantitative estimate of drug-likeness (QED) is 0.727. The minimum Gasteiger partial charge on any atom is -0.451 e. The second kappa shape index (κ2) is 7.75. The molecule has 1 aromatic rings. The van der Waals surface area contributed by atoms with Crippen LogP contribution in [0.2, 0.25) is 0 Å². The Morgan fingerprint density at radius 3 is 2.70 bits per heavy atom. The minimum absolute atomic E-state index is 0.175. The summed E-state index contributed by atoms with van der Waals surface area (Å²) in [6, 6.07) is 1.63. The van der Waals surface area contributed by atoms with Gasteiger partial charge in [-0.2, -0.15) is 5.10 Å². The summed E-state index contributed by atoms with van der Waals surface area (Å²) >= 11 is 0. The molecule has 0 bridgehead atoms. The van der Waals surface area contributed by atoms with Gasteiger partial charge in [-0.25, -0.2) is 4.79 Å². The number of piperidine rings is 1. The van der Waals surface area contributed by atoms with Crippen molar-refractivity contribution in [1.29, 1.82) is 0 Å².